The van der Waals surface area contributed by atoms with Gasteiger partial charge in [0.05, 0.1) is 12.1 Å². The summed E-state index contributed by atoms with van der Waals surface area (Å²) >= 11 is 0. The molecule has 13 heteroatoms. The van der Waals surface area contributed by atoms with Crippen molar-refractivity contribution in [1.29, 1.82) is 0 Å². The summed E-state index contributed by atoms with van der Waals surface area (Å²) in [5.74, 6) is -4.55. The van der Waals surface area contributed by atoms with Crippen molar-refractivity contribution in [3.63, 3.8) is 0 Å². The van der Waals surface area contributed by atoms with Crippen molar-refractivity contribution in [1.82, 2.24) is 16.0 Å². The van der Waals surface area contributed by atoms with Crippen LogP contribution in [0.3, 0.4) is 0 Å². The van der Waals surface area contributed by atoms with E-state index in [1.54, 1.807) is 6.92 Å². The Balaban J connectivity index is 5.46. The normalized spacial score (nSPS) is 16.3. The number of primary amides is 1. The Morgan fingerprint density at radius 3 is 1.94 bits per heavy atom. The molecule has 196 valence electrons. The number of aliphatic hydroxyl groups excluding tert-OH is 1. The number of hydrogen-bond acceptors (Lipinski definition) is 8. The highest BCUT2D eigenvalue weighted by molar-refractivity contribution is 5.94. The van der Waals surface area contributed by atoms with Gasteiger partial charge in [-0.1, -0.05) is 20.3 Å². The van der Waals surface area contributed by atoms with Gasteiger partial charge in [-0.15, -0.1) is 0 Å². The monoisotopic (exact) mass is 488 g/mol. The van der Waals surface area contributed by atoms with Crippen molar-refractivity contribution in [3.8, 4) is 0 Å². The topological polar surface area (TPSA) is 240 Å². The van der Waals surface area contributed by atoms with Crippen molar-refractivity contribution >= 4 is 29.6 Å². The number of carboxylic acids is 1. The van der Waals surface area contributed by atoms with E-state index in [1.165, 1.54) is 6.92 Å². The van der Waals surface area contributed by atoms with Gasteiger partial charge < -0.3 is 43.4 Å². The van der Waals surface area contributed by atoms with Crippen LogP contribution in [-0.4, -0.2) is 76.6 Å². The third kappa shape index (κ3) is 11.4. The van der Waals surface area contributed by atoms with Gasteiger partial charge in [-0.05, 0) is 45.1 Å². The average molecular weight is 489 g/mol. The van der Waals surface area contributed by atoms with Crippen LogP contribution >= 0.6 is 0 Å². The van der Waals surface area contributed by atoms with Crippen molar-refractivity contribution in [2.75, 3.05) is 6.54 Å². The molecule has 11 N–H and O–H groups in total. The molecule has 0 radical (unpaired) electrons. The van der Waals surface area contributed by atoms with E-state index in [0.717, 1.165) is 0 Å². The number of rotatable bonds is 17. The molecular weight excluding hydrogens is 448 g/mol. The summed E-state index contributed by atoms with van der Waals surface area (Å²) in [7, 11) is 0. The minimum absolute atomic E-state index is 0.115. The number of carbonyl (C=O) groups is 5. The Morgan fingerprint density at radius 1 is 0.882 bits per heavy atom. The van der Waals surface area contributed by atoms with Crippen molar-refractivity contribution < 1.29 is 34.2 Å². The molecule has 0 rings (SSSR count). The molecule has 13 nitrogen and oxygen atoms in total. The van der Waals surface area contributed by atoms with E-state index < -0.39 is 59.9 Å². The van der Waals surface area contributed by atoms with Gasteiger partial charge in [0.2, 0.25) is 23.6 Å². The molecule has 6 unspecified atom stereocenters. The largest absolute Gasteiger partial charge is 0.480 e. The van der Waals surface area contributed by atoms with Crippen LogP contribution in [-0.2, 0) is 24.0 Å². The first-order valence-corrected chi connectivity index (χ1v) is 11.4. The van der Waals surface area contributed by atoms with Gasteiger partial charge in [0, 0.05) is 6.42 Å². The highest BCUT2D eigenvalue weighted by atomic mass is 16.4. The van der Waals surface area contributed by atoms with Gasteiger partial charge in [0.1, 0.15) is 18.1 Å². The second-order valence-electron chi connectivity index (χ2n) is 8.39. The summed E-state index contributed by atoms with van der Waals surface area (Å²) in [4.78, 5) is 60.7. The third-order valence-electron chi connectivity index (χ3n) is 5.50. The van der Waals surface area contributed by atoms with Crippen molar-refractivity contribution in [2.45, 2.75) is 89.6 Å². The molecule has 0 aromatic carbocycles. The predicted molar refractivity (Wildman–Crippen MR) is 124 cm³/mol. The van der Waals surface area contributed by atoms with E-state index in [2.05, 4.69) is 16.0 Å². The molecular formula is C21H40N6O7. The number of nitrogens with one attached hydrogen (secondary N) is 3. The number of carbonyl (C=O) groups excluding carboxylic acids is 4. The van der Waals surface area contributed by atoms with Crippen LogP contribution in [0.15, 0.2) is 0 Å². The van der Waals surface area contributed by atoms with E-state index in [-0.39, 0.29) is 25.2 Å². The number of amides is 4. The molecule has 0 aromatic heterocycles. The van der Waals surface area contributed by atoms with Gasteiger partial charge in [0.15, 0.2) is 0 Å². The van der Waals surface area contributed by atoms with Gasteiger partial charge >= 0.3 is 5.97 Å². The van der Waals surface area contributed by atoms with Crippen LogP contribution in [0.25, 0.3) is 0 Å². The minimum atomic E-state index is -1.51. The lowest BCUT2D eigenvalue weighted by atomic mass is 9.98. The van der Waals surface area contributed by atoms with Crippen LogP contribution < -0.4 is 33.2 Å². The van der Waals surface area contributed by atoms with Crippen LogP contribution in [0, 0.1) is 5.92 Å². The van der Waals surface area contributed by atoms with Gasteiger partial charge in [-0.3, -0.25) is 19.2 Å². The van der Waals surface area contributed by atoms with Crippen LogP contribution in [0.5, 0.6) is 0 Å². The Morgan fingerprint density at radius 2 is 1.47 bits per heavy atom. The molecule has 0 saturated carbocycles. The van der Waals surface area contributed by atoms with E-state index in [9.17, 15) is 34.2 Å². The van der Waals surface area contributed by atoms with Gasteiger partial charge in [0.25, 0.3) is 0 Å². The first-order valence-electron chi connectivity index (χ1n) is 11.4. The predicted octanol–water partition coefficient (Wildman–Crippen LogP) is -2.33. The summed E-state index contributed by atoms with van der Waals surface area (Å²) in [6, 6.07) is -4.92. The molecule has 0 aliphatic heterocycles. The van der Waals surface area contributed by atoms with Crippen molar-refractivity contribution in [2.24, 2.45) is 23.1 Å². The summed E-state index contributed by atoms with van der Waals surface area (Å²) in [5, 5.41) is 26.5. The summed E-state index contributed by atoms with van der Waals surface area (Å²) in [6.07, 6.45) is -0.0305. The van der Waals surface area contributed by atoms with Gasteiger partial charge in [-0.2, -0.15) is 0 Å². The highest BCUT2D eigenvalue weighted by Crippen LogP contribution is 2.08. The summed E-state index contributed by atoms with van der Waals surface area (Å²) < 4.78 is 0. The lowest BCUT2D eigenvalue weighted by Crippen LogP contribution is -2.60. The second-order valence-corrected chi connectivity index (χ2v) is 8.39. The standard InChI is InChI=1S/C21H40N6O7/c1-4-11(2)16(24)19(31)25-13(8-9-15(23)29)18(30)27-17(12(3)28)20(32)26-14(21(33)34)7-5-6-10-22/h11-14,16-17,28H,4-10,22,24H2,1-3H3,(H2,23,29)(H,25,31)(H,26,32)(H,27,30)(H,33,34). The SMILES string of the molecule is CCC(C)C(N)C(=O)NC(CCC(N)=O)C(=O)NC(C(=O)NC(CCCCN)C(=O)O)C(C)O. The fraction of sp³-hybridized carbons (Fsp3) is 0.762. The maximum absolute atomic E-state index is 12.9. The molecule has 0 aliphatic carbocycles. The maximum Gasteiger partial charge on any atom is 0.326 e. The van der Waals surface area contributed by atoms with Crippen LogP contribution in [0.1, 0.15) is 59.3 Å². The summed E-state index contributed by atoms with van der Waals surface area (Å²) in [6.45, 7) is 5.22. The van der Waals surface area contributed by atoms with Gasteiger partial charge in [-0.25, -0.2) is 4.79 Å². The smallest absolute Gasteiger partial charge is 0.326 e. The molecule has 0 fully saturated rings. The number of hydrogen-bond donors (Lipinski definition) is 8. The molecule has 0 saturated heterocycles. The lowest BCUT2D eigenvalue weighted by molar-refractivity contribution is -0.143. The fourth-order valence-electron chi connectivity index (χ4n) is 3.01. The third-order valence-corrected chi connectivity index (χ3v) is 5.50. The Labute approximate surface area is 199 Å². The number of carboxylic acid groups (broad SMARTS) is 1. The Bertz CT molecular complexity index is 703. The Kier molecular flexibility index (Phi) is 14.7. The van der Waals surface area contributed by atoms with E-state index in [1.807, 2.05) is 6.92 Å². The summed E-state index contributed by atoms with van der Waals surface area (Å²) in [5.41, 5.74) is 16.5. The van der Waals surface area contributed by atoms with E-state index in [4.69, 9.17) is 17.2 Å². The average Bonchev–Trinajstić information content (AvgIpc) is 2.77. The number of unbranched alkanes of at least 4 members (excludes halogenated alkanes) is 1. The Hall–Kier alpha value is -2.77. The molecule has 34 heavy (non-hydrogen) atoms. The number of aliphatic hydroxyl groups is 1. The maximum atomic E-state index is 12.9. The zero-order valence-corrected chi connectivity index (χ0v) is 20.1. The van der Waals surface area contributed by atoms with E-state index >= 15 is 0 Å². The molecule has 0 bridgehead atoms. The quantitative estimate of drug-likeness (QED) is 0.102. The minimum Gasteiger partial charge on any atom is -0.480 e. The van der Waals surface area contributed by atoms with E-state index in [0.29, 0.717) is 25.8 Å². The molecule has 0 aromatic rings. The van der Waals surface area contributed by atoms with Crippen LogP contribution in [0.4, 0.5) is 0 Å². The molecule has 6 atom stereocenters. The first kappa shape index (κ1) is 31.2. The molecule has 0 aliphatic rings. The molecule has 4 amide bonds. The second kappa shape index (κ2) is 16.0. The lowest BCUT2D eigenvalue weighted by Gasteiger charge is -2.27. The number of aliphatic carboxylic acids is 1. The zero-order chi connectivity index (χ0) is 26.4. The molecule has 0 heterocycles. The zero-order valence-electron chi connectivity index (χ0n) is 20.1. The molecule has 0 spiro atoms. The van der Waals surface area contributed by atoms with Crippen molar-refractivity contribution in [3.05, 3.63) is 0 Å². The number of nitrogens with two attached hydrogens (primary N) is 3. The highest BCUT2D eigenvalue weighted by Gasteiger charge is 2.33. The van der Waals surface area contributed by atoms with Crippen LogP contribution in [0.2, 0.25) is 0 Å². The first-order chi connectivity index (χ1) is 15.8. The fourth-order valence-corrected chi connectivity index (χ4v) is 3.01.